The van der Waals surface area contributed by atoms with Crippen LogP contribution in [0, 0.1) is 5.82 Å². The lowest BCUT2D eigenvalue weighted by Gasteiger charge is -2.36. The zero-order valence-electron chi connectivity index (χ0n) is 29.0. The number of fused-ring (bicyclic) bond motifs is 4. The molecular weight excluding hydrogens is 707 g/mol. The molecule has 3 amide bonds. The Kier molecular flexibility index (Phi) is 14.7. The minimum absolute atomic E-state index is 0.104. The van der Waals surface area contributed by atoms with E-state index in [0.717, 1.165) is 22.1 Å². The van der Waals surface area contributed by atoms with Crippen LogP contribution in [0.15, 0.2) is 54.1 Å². The second-order valence-corrected chi connectivity index (χ2v) is 13.9. The fourth-order valence-corrected chi connectivity index (χ4v) is 6.38. The molecule has 4 bridgehead atoms. The first-order valence-electron chi connectivity index (χ1n) is 16.0. The number of carboxylic acid groups (broad SMARTS) is 1. The van der Waals surface area contributed by atoms with E-state index >= 15 is 0 Å². The third kappa shape index (κ3) is 11.6. The number of ether oxygens (including phenoxy) is 2. The average Bonchev–Trinajstić information content (AvgIpc) is 3.07. The Bertz CT molecular complexity index is 1680. The van der Waals surface area contributed by atoms with E-state index in [1.54, 1.807) is 13.1 Å². The summed E-state index contributed by atoms with van der Waals surface area (Å²) in [4.78, 5) is 49.8. The lowest BCUT2D eigenvalue weighted by molar-refractivity contribution is -0.141. The molecule has 4 atom stereocenters. The second kappa shape index (κ2) is 18.3. The number of nitrogens with one attached hydrogen (secondary N) is 1. The van der Waals surface area contributed by atoms with E-state index in [1.807, 2.05) is 31.2 Å². The van der Waals surface area contributed by atoms with E-state index in [0.29, 0.717) is 28.6 Å². The van der Waals surface area contributed by atoms with Crippen molar-refractivity contribution in [3.8, 4) is 5.75 Å². The van der Waals surface area contributed by atoms with Gasteiger partial charge in [-0.1, -0.05) is 35.4 Å². The van der Waals surface area contributed by atoms with Gasteiger partial charge in [-0.3, -0.25) is 14.9 Å². The van der Waals surface area contributed by atoms with Crippen molar-refractivity contribution in [3.63, 3.8) is 0 Å². The van der Waals surface area contributed by atoms with Crippen LogP contribution in [0.2, 0.25) is 5.02 Å². The highest BCUT2D eigenvalue weighted by atomic mass is 35.5. The number of rotatable bonds is 4. The molecule has 1 fully saturated rings. The molecule has 6 N–H and O–H groups in total. The number of hydrogen-bond acceptors (Lipinski definition) is 10. The number of aliphatic carboxylic acids is 1. The minimum Gasteiger partial charge on any atom is -0.495 e. The first-order chi connectivity index (χ1) is 23.9. The van der Waals surface area contributed by atoms with Crippen LogP contribution in [0.25, 0.3) is 0 Å². The first kappa shape index (κ1) is 41.1. The number of carbonyl (C=O) groups excluding carboxylic acids is 3. The number of methoxy groups -OCH3 is 1. The largest absolute Gasteiger partial charge is 0.495 e. The van der Waals surface area contributed by atoms with Gasteiger partial charge in [0.15, 0.2) is 0 Å². The summed E-state index contributed by atoms with van der Waals surface area (Å²) < 4.78 is 24.1. The van der Waals surface area contributed by atoms with Gasteiger partial charge in [-0.15, -0.1) is 11.8 Å². The van der Waals surface area contributed by atoms with Crippen LogP contribution in [0.1, 0.15) is 55.5 Å². The molecule has 51 heavy (non-hydrogen) atoms. The molecule has 2 heterocycles. The number of anilines is 2. The molecule has 0 aromatic heterocycles. The van der Waals surface area contributed by atoms with Gasteiger partial charge in [0, 0.05) is 44.8 Å². The highest BCUT2D eigenvalue weighted by Gasteiger charge is 2.38. The number of nitrogen functional groups attached to an aromatic ring is 1. The number of nitrogens with zero attached hydrogens (tertiary/aromatic N) is 2. The summed E-state index contributed by atoms with van der Waals surface area (Å²) >= 11 is 7.68. The van der Waals surface area contributed by atoms with Gasteiger partial charge in [-0.05, 0) is 62.6 Å². The maximum Gasteiger partial charge on any atom is 0.409 e. The molecule has 0 spiro atoms. The Morgan fingerprint density at radius 2 is 1.98 bits per heavy atom. The van der Waals surface area contributed by atoms with Crippen molar-refractivity contribution in [1.29, 1.82) is 0 Å². The maximum atomic E-state index is 13.5. The van der Waals surface area contributed by atoms with Crippen LogP contribution < -0.4 is 20.7 Å². The number of allylic oxidation sites excluding steroid dienone is 3. The number of nitrogens with two attached hydrogens (primary N) is 1. The average molecular weight is 751 g/mol. The Labute approximate surface area is 305 Å². The molecule has 2 aromatic rings. The monoisotopic (exact) mass is 750 g/mol. The number of alkyl carbamates (subject to hydrolysis) is 1. The van der Waals surface area contributed by atoms with Crippen molar-refractivity contribution in [2.75, 3.05) is 37.6 Å². The number of halogens is 2. The topological polar surface area (TPSA) is 192 Å². The van der Waals surface area contributed by atoms with Crippen molar-refractivity contribution in [1.82, 2.24) is 10.2 Å². The smallest absolute Gasteiger partial charge is 0.409 e. The predicted molar refractivity (Wildman–Crippen MR) is 193 cm³/mol. The maximum absolute atomic E-state index is 13.5. The number of aliphatic hydroxyl groups excluding tert-OH is 1. The molecule has 2 aromatic carbocycles. The Balaban J connectivity index is 0.000000347. The fraction of sp³-hybridized carbons (Fsp3) is 0.429. The summed E-state index contributed by atoms with van der Waals surface area (Å²) in [6.07, 6.45) is 5.63. The van der Waals surface area contributed by atoms with Crippen LogP contribution in [0.4, 0.5) is 20.6 Å². The second-order valence-electron chi connectivity index (χ2n) is 12.3. The molecule has 13 nitrogen and oxygen atoms in total. The van der Waals surface area contributed by atoms with E-state index < -0.39 is 47.1 Å². The number of hydrogen-bond donors (Lipinski definition) is 5. The van der Waals surface area contributed by atoms with Gasteiger partial charge < -0.3 is 40.3 Å². The molecular formula is C35H44ClFN4O9S. The summed E-state index contributed by atoms with van der Waals surface area (Å²) in [5.74, 6) is -2.04. The molecule has 2 aliphatic rings. The molecule has 16 heteroatoms. The zero-order valence-corrected chi connectivity index (χ0v) is 30.6. The minimum atomic E-state index is -1.43. The molecule has 1 saturated heterocycles. The van der Waals surface area contributed by atoms with E-state index in [2.05, 4.69) is 5.32 Å². The lowest BCUT2D eigenvalue weighted by Crippen LogP contribution is -2.56. The van der Waals surface area contributed by atoms with Gasteiger partial charge in [-0.25, -0.2) is 14.0 Å². The van der Waals surface area contributed by atoms with Gasteiger partial charge in [0.2, 0.25) is 5.91 Å². The Morgan fingerprint density at radius 3 is 2.63 bits per heavy atom. The van der Waals surface area contributed by atoms with E-state index in [1.165, 1.54) is 49.9 Å². The highest BCUT2D eigenvalue weighted by molar-refractivity contribution is 7.99. The van der Waals surface area contributed by atoms with E-state index in [-0.39, 0.29) is 42.8 Å². The quantitative estimate of drug-likeness (QED) is 0.272. The van der Waals surface area contributed by atoms with Gasteiger partial charge in [0.1, 0.15) is 34.5 Å². The summed E-state index contributed by atoms with van der Waals surface area (Å²) in [7, 11) is 4.48. The summed E-state index contributed by atoms with van der Waals surface area (Å²) in [6.45, 7) is 3.32. The van der Waals surface area contributed by atoms with Gasteiger partial charge in [-0.2, -0.15) is 0 Å². The number of likely N-dealkylation sites (N-methyl/N-ethyl adjacent to an activating group) is 1. The third-order valence-corrected chi connectivity index (χ3v) is 9.79. The number of amides is 3. The number of thioether (sulfide) groups is 1. The normalized spacial score (nSPS) is 23.6. The van der Waals surface area contributed by atoms with Gasteiger partial charge >= 0.3 is 12.1 Å². The SMILES string of the molecule is COc1cc2cc(c1Cl)N(C)C(=O)CCC(O)SCC1C[C@](O)(C/C=C/C=C(\C)C2)NC(=O)O1.C[C@@H](C(=O)O)N(C)C(=O)c1ccc(N)cc1F. The highest BCUT2D eigenvalue weighted by Crippen LogP contribution is 2.37. The van der Waals surface area contributed by atoms with Crippen LogP contribution in [-0.4, -0.2) is 94.4 Å². The van der Waals surface area contributed by atoms with Crippen molar-refractivity contribution in [2.45, 2.75) is 69.3 Å². The van der Waals surface area contributed by atoms with Crippen LogP contribution >= 0.6 is 23.4 Å². The van der Waals surface area contributed by atoms with Crippen LogP contribution in [-0.2, 0) is 20.7 Å². The zero-order chi connectivity index (χ0) is 38.0. The van der Waals surface area contributed by atoms with E-state index in [9.17, 15) is 33.8 Å². The summed E-state index contributed by atoms with van der Waals surface area (Å²) in [5.41, 5.74) is 5.60. The fourth-order valence-electron chi connectivity index (χ4n) is 5.16. The molecule has 278 valence electrons. The molecule has 4 rings (SSSR count). The molecule has 0 aliphatic carbocycles. The molecule has 2 unspecified atom stereocenters. The lowest BCUT2D eigenvalue weighted by atomic mass is 10.00. The van der Waals surface area contributed by atoms with E-state index in [4.69, 9.17) is 31.9 Å². The number of aliphatic hydroxyl groups is 2. The molecule has 2 aliphatic heterocycles. The molecule has 0 saturated carbocycles. The third-order valence-electron chi connectivity index (χ3n) is 8.23. The number of carbonyl (C=O) groups is 4. The van der Waals surface area contributed by atoms with Gasteiger partial charge in [0.25, 0.3) is 5.91 Å². The van der Waals surface area contributed by atoms with Crippen molar-refractivity contribution >= 4 is 58.6 Å². The van der Waals surface area contributed by atoms with Crippen molar-refractivity contribution in [3.05, 3.63) is 76.1 Å². The van der Waals surface area contributed by atoms with Crippen molar-refractivity contribution < 1.29 is 48.4 Å². The standard InChI is InChI=1S/C24H31ClN2O6S.C11H13FN2O3/c1-15-6-4-5-9-24(31)13-17(33-23(30)26-24)14-34-21(29)8-7-20(28)27(2)18-11-16(10-15)12-19(32-3)22(18)25;1-6(11(16)17)14(2)10(15)8-4-3-7(13)5-9(8)12/h4-6,11-12,17,21,29,31H,7-10,13-14H2,1-3H3,(H,26,30);3-6H,13H2,1-2H3,(H,16,17)/b5-4+,15-6+;/t17?,21?,24-;6-/m10/s1. The van der Waals surface area contributed by atoms with Crippen LogP contribution in [0.5, 0.6) is 5.75 Å². The Morgan fingerprint density at radius 1 is 1.27 bits per heavy atom. The number of carboxylic acids is 1. The Hall–Kier alpha value is -4.31. The van der Waals surface area contributed by atoms with Crippen LogP contribution in [0.3, 0.4) is 0 Å². The summed E-state index contributed by atoms with van der Waals surface area (Å²) in [6, 6.07) is 6.32. The summed E-state index contributed by atoms with van der Waals surface area (Å²) in [5, 5.41) is 32.8. The van der Waals surface area contributed by atoms with Crippen molar-refractivity contribution in [2.24, 2.45) is 0 Å². The number of benzene rings is 2. The first-order valence-corrected chi connectivity index (χ1v) is 17.4. The van der Waals surface area contributed by atoms with Gasteiger partial charge in [0.05, 0.1) is 23.8 Å². The molecule has 0 radical (unpaired) electrons. The predicted octanol–water partition coefficient (Wildman–Crippen LogP) is 4.73.